The summed E-state index contributed by atoms with van der Waals surface area (Å²) >= 11 is 12.1. The molecule has 0 spiro atoms. The molecule has 0 fully saturated rings. The number of nitrogens with one attached hydrogen (secondary N) is 2. The minimum Gasteiger partial charge on any atom is -0.389 e. The van der Waals surface area contributed by atoms with Crippen molar-refractivity contribution in [2.24, 2.45) is 0 Å². The summed E-state index contributed by atoms with van der Waals surface area (Å²) in [6.45, 7) is 3.38. The van der Waals surface area contributed by atoms with Crippen molar-refractivity contribution in [1.82, 2.24) is 4.98 Å². The summed E-state index contributed by atoms with van der Waals surface area (Å²) in [5.41, 5.74) is 0. The van der Waals surface area contributed by atoms with E-state index in [9.17, 15) is 5.11 Å². The van der Waals surface area contributed by atoms with Gasteiger partial charge in [-0.05, 0) is 12.5 Å². The van der Waals surface area contributed by atoms with E-state index in [1.54, 1.807) is 6.07 Å². The number of aliphatic hydroxyl groups excluding tert-OH is 1. The maximum Gasteiger partial charge on any atom is 0.147 e. The third-order valence-corrected chi connectivity index (χ3v) is 2.91. The van der Waals surface area contributed by atoms with Gasteiger partial charge in [-0.1, -0.05) is 30.1 Å². The number of nitrogens with zero attached hydrogens (tertiary/aromatic N) is 1. The van der Waals surface area contributed by atoms with Gasteiger partial charge in [-0.2, -0.15) is 0 Å². The Morgan fingerprint density at radius 1 is 1.32 bits per heavy atom. The van der Waals surface area contributed by atoms with Crippen molar-refractivity contribution in [3.8, 4) is 0 Å². The zero-order valence-corrected chi connectivity index (χ0v) is 12.6. The van der Waals surface area contributed by atoms with Crippen molar-refractivity contribution in [1.29, 1.82) is 0 Å². The topological polar surface area (TPSA) is 66.4 Å². The number of aromatic nitrogens is 1. The Morgan fingerprint density at radius 2 is 1.95 bits per heavy atom. The van der Waals surface area contributed by atoms with Crippen LogP contribution in [0.2, 0.25) is 10.0 Å². The molecule has 0 aliphatic carbocycles. The molecule has 1 heterocycles. The summed E-state index contributed by atoms with van der Waals surface area (Å²) in [6.07, 6.45) is 0.348. The minimum atomic E-state index is -0.620. The number of hydrogen-bond acceptors (Lipinski definition) is 5. The van der Waals surface area contributed by atoms with Gasteiger partial charge in [0.05, 0.1) is 22.8 Å². The maximum absolute atomic E-state index is 9.57. The van der Waals surface area contributed by atoms with E-state index in [1.165, 1.54) is 7.11 Å². The molecule has 19 heavy (non-hydrogen) atoms. The van der Waals surface area contributed by atoms with Crippen LogP contribution in [0, 0.1) is 0 Å². The van der Waals surface area contributed by atoms with Gasteiger partial charge in [-0.3, -0.25) is 0 Å². The molecule has 5 nitrogen and oxygen atoms in total. The fourth-order valence-electron chi connectivity index (χ4n) is 1.42. The van der Waals surface area contributed by atoms with Crippen LogP contribution in [-0.4, -0.2) is 43.0 Å². The van der Waals surface area contributed by atoms with E-state index in [-0.39, 0.29) is 6.61 Å². The number of aliphatic hydroxyl groups is 1. The summed E-state index contributed by atoms with van der Waals surface area (Å²) in [5, 5.41) is 16.5. The number of ether oxygens (including phenoxy) is 1. The minimum absolute atomic E-state index is 0.249. The van der Waals surface area contributed by atoms with Crippen LogP contribution in [0.15, 0.2) is 6.07 Å². The molecule has 1 rings (SSSR count). The molecule has 0 amide bonds. The maximum atomic E-state index is 9.57. The lowest BCUT2D eigenvalue weighted by molar-refractivity contribution is 0.0727. The van der Waals surface area contributed by atoms with Gasteiger partial charge in [-0.15, -0.1) is 0 Å². The normalized spacial score (nSPS) is 12.3. The van der Waals surface area contributed by atoms with Crippen LogP contribution in [0.4, 0.5) is 11.6 Å². The molecule has 0 radical (unpaired) electrons. The van der Waals surface area contributed by atoms with Crippen molar-refractivity contribution >= 4 is 34.8 Å². The van der Waals surface area contributed by atoms with Crippen molar-refractivity contribution in [2.75, 3.05) is 37.4 Å². The van der Waals surface area contributed by atoms with Crippen LogP contribution in [0.5, 0.6) is 0 Å². The molecule has 0 saturated carbocycles. The fraction of sp³-hybridized carbons (Fsp3) is 0.583. The molecule has 1 atom stereocenters. The smallest absolute Gasteiger partial charge is 0.147 e. The van der Waals surface area contributed by atoms with E-state index in [4.69, 9.17) is 27.9 Å². The Balaban J connectivity index is 2.71. The molecule has 108 valence electrons. The second-order valence-electron chi connectivity index (χ2n) is 4.07. The van der Waals surface area contributed by atoms with Crippen LogP contribution < -0.4 is 10.6 Å². The quantitative estimate of drug-likeness (QED) is 0.689. The molecule has 7 heteroatoms. The first-order valence-electron chi connectivity index (χ1n) is 6.09. The molecule has 0 saturated heterocycles. The highest BCUT2D eigenvalue weighted by Gasteiger charge is 2.10. The van der Waals surface area contributed by atoms with Gasteiger partial charge in [0.1, 0.15) is 11.6 Å². The molecular weight excluding hydrogens is 289 g/mol. The zero-order chi connectivity index (χ0) is 14.3. The fourth-order valence-corrected chi connectivity index (χ4v) is 1.92. The first kappa shape index (κ1) is 16.3. The number of methoxy groups -OCH3 is 1. The Morgan fingerprint density at radius 3 is 2.53 bits per heavy atom. The molecule has 1 aromatic heterocycles. The zero-order valence-electron chi connectivity index (χ0n) is 11.0. The Hall–Kier alpha value is -0.750. The van der Waals surface area contributed by atoms with Gasteiger partial charge in [0.15, 0.2) is 0 Å². The van der Waals surface area contributed by atoms with Crippen molar-refractivity contribution in [3.05, 3.63) is 16.1 Å². The summed E-state index contributed by atoms with van der Waals surface area (Å²) in [6, 6.07) is 1.62. The van der Waals surface area contributed by atoms with Gasteiger partial charge < -0.3 is 20.5 Å². The van der Waals surface area contributed by atoms with Gasteiger partial charge >= 0.3 is 0 Å². The average molecular weight is 308 g/mol. The molecular formula is C12H19Cl2N3O2. The molecule has 3 N–H and O–H groups in total. The van der Waals surface area contributed by atoms with Crippen LogP contribution in [0.1, 0.15) is 13.3 Å². The van der Waals surface area contributed by atoms with Gasteiger partial charge in [0, 0.05) is 20.2 Å². The number of rotatable bonds is 8. The third-order valence-electron chi connectivity index (χ3n) is 2.34. The number of anilines is 2. The molecule has 0 aliphatic rings. The van der Waals surface area contributed by atoms with Crippen LogP contribution in [0.3, 0.4) is 0 Å². The first-order valence-corrected chi connectivity index (χ1v) is 6.84. The summed E-state index contributed by atoms with van der Waals surface area (Å²) in [7, 11) is 1.53. The Labute approximate surface area is 123 Å². The van der Waals surface area contributed by atoms with E-state index in [2.05, 4.69) is 22.5 Å². The lowest BCUT2D eigenvalue weighted by atomic mass is 10.3. The highest BCUT2D eigenvalue weighted by molar-refractivity contribution is 6.37. The van der Waals surface area contributed by atoms with Crippen LogP contribution in [-0.2, 0) is 4.74 Å². The summed E-state index contributed by atoms with van der Waals surface area (Å²) in [4.78, 5) is 4.30. The highest BCUT2D eigenvalue weighted by atomic mass is 35.5. The van der Waals surface area contributed by atoms with E-state index in [1.807, 2.05) is 0 Å². The number of pyridine rings is 1. The average Bonchev–Trinajstić information content (AvgIpc) is 2.37. The third kappa shape index (κ3) is 5.40. The number of halogens is 2. The van der Waals surface area contributed by atoms with E-state index in [0.29, 0.717) is 28.2 Å². The van der Waals surface area contributed by atoms with Crippen molar-refractivity contribution in [3.63, 3.8) is 0 Å². The van der Waals surface area contributed by atoms with E-state index >= 15 is 0 Å². The predicted octanol–water partition coefficient (Wildman–Crippen LogP) is 2.63. The predicted molar refractivity (Wildman–Crippen MR) is 79.4 cm³/mol. The summed E-state index contributed by atoms with van der Waals surface area (Å²) < 4.78 is 4.84. The first-order chi connectivity index (χ1) is 9.08. The van der Waals surface area contributed by atoms with Gasteiger partial charge in [0.25, 0.3) is 0 Å². The molecule has 0 bridgehead atoms. The van der Waals surface area contributed by atoms with Gasteiger partial charge in [0.2, 0.25) is 0 Å². The second kappa shape index (κ2) is 8.43. The van der Waals surface area contributed by atoms with Crippen molar-refractivity contribution < 1.29 is 9.84 Å². The van der Waals surface area contributed by atoms with Crippen LogP contribution in [0.25, 0.3) is 0 Å². The monoisotopic (exact) mass is 307 g/mol. The largest absolute Gasteiger partial charge is 0.389 e. The lowest BCUT2D eigenvalue weighted by Gasteiger charge is -2.14. The molecule has 0 aromatic carbocycles. The lowest BCUT2D eigenvalue weighted by Crippen LogP contribution is -2.24. The Bertz CT molecular complexity index is 405. The molecule has 0 aliphatic heterocycles. The highest BCUT2D eigenvalue weighted by Crippen LogP contribution is 2.29. The number of hydrogen-bond donors (Lipinski definition) is 3. The summed E-state index contributed by atoms with van der Waals surface area (Å²) in [5.74, 6) is 1.07. The molecule has 1 unspecified atom stereocenters. The van der Waals surface area contributed by atoms with Crippen molar-refractivity contribution in [2.45, 2.75) is 19.4 Å². The standard InChI is InChI=1S/C12H19Cl2N3O2/c1-3-4-15-11-9(13)5-10(14)12(17-11)16-6-8(18)7-19-2/h5,8,18H,3-4,6-7H2,1-2H3,(H2,15,16,17). The van der Waals surface area contributed by atoms with Crippen LogP contribution >= 0.6 is 23.2 Å². The van der Waals surface area contributed by atoms with E-state index < -0.39 is 6.10 Å². The second-order valence-corrected chi connectivity index (χ2v) is 4.88. The molecule has 1 aromatic rings. The SMILES string of the molecule is CCCNc1nc(NCC(O)COC)c(Cl)cc1Cl. The van der Waals surface area contributed by atoms with E-state index in [0.717, 1.165) is 13.0 Å². The Kier molecular flexibility index (Phi) is 7.23. The van der Waals surface area contributed by atoms with Gasteiger partial charge in [-0.25, -0.2) is 4.98 Å².